The molecule has 0 unspecified atom stereocenters. The van der Waals surface area contributed by atoms with Gasteiger partial charge in [-0.3, -0.25) is 0 Å². The Labute approximate surface area is 128 Å². The van der Waals surface area contributed by atoms with Crippen LogP contribution in [0.5, 0.6) is 0 Å². The second-order valence-corrected chi connectivity index (χ2v) is 7.95. The van der Waals surface area contributed by atoms with Crippen LogP contribution in [0.1, 0.15) is 50.7 Å². The van der Waals surface area contributed by atoms with Crippen molar-refractivity contribution < 1.29 is 8.42 Å². The molecule has 1 aliphatic rings. The molecule has 1 aromatic rings. The molecule has 2 N–H and O–H groups in total. The predicted octanol–water partition coefficient (Wildman–Crippen LogP) is 2.55. The van der Waals surface area contributed by atoms with Crippen LogP contribution in [0.4, 0.5) is 0 Å². The lowest BCUT2D eigenvalue weighted by atomic mass is 10.0. The average Bonchev–Trinajstić information content (AvgIpc) is 2.81. The van der Waals surface area contributed by atoms with Crippen LogP contribution in [0.2, 0.25) is 0 Å². The first kappa shape index (κ1) is 16.5. The molecule has 0 spiro atoms. The maximum atomic E-state index is 12.4. The summed E-state index contributed by atoms with van der Waals surface area (Å²) >= 11 is 0. The SMILES string of the molecule is CCNCc1cccc(CS(=O)(=O)NC2(C)CCCC2)c1. The number of sulfonamides is 1. The average molecular weight is 310 g/mol. The minimum absolute atomic E-state index is 0.0581. The summed E-state index contributed by atoms with van der Waals surface area (Å²) in [6.07, 6.45) is 4.09. The fourth-order valence-electron chi connectivity index (χ4n) is 2.99. The molecule has 4 nitrogen and oxygen atoms in total. The zero-order valence-corrected chi connectivity index (χ0v) is 13.8. The fourth-order valence-corrected chi connectivity index (χ4v) is 4.63. The second-order valence-electron chi connectivity index (χ2n) is 6.23. The van der Waals surface area contributed by atoms with Crippen LogP contribution in [0.25, 0.3) is 0 Å². The number of hydrogen-bond acceptors (Lipinski definition) is 3. The summed E-state index contributed by atoms with van der Waals surface area (Å²) in [7, 11) is -3.28. The van der Waals surface area contributed by atoms with Gasteiger partial charge in [-0.1, -0.05) is 44.0 Å². The number of nitrogens with one attached hydrogen (secondary N) is 2. The lowest BCUT2D eigenvalue weighted by Crippen LogP contribution is -2.44. The third-order valence-corrected chi connectivity index (χ3v) is 5.55. The van der Waals surface area contributed by atoms with Crippen molar-refractivity contribution in [1.82, 2.24) is 10.0 Å². The lowest BCUT2D eigenvalue weighted by molar-refractivity contribution is 0.427. The highest BCUT2D eigenvalue weighted by Gasteiger charge is 2.32. The highest BCUT2D eigenvalue weighted by molar-refractivity contribution is 7.88. The van der Waals surface area contributed by atoms with Crippen molar-refractivity contribution in [3.05, 3.63) is 35.4 Å². The van der Waals surface area contributed by atoms with E-state index in [-0.39, 0.29) is 11.3 Å². The topological polar surface area (TPSA) is 58.2 Å². The van der Waals surface area contributed by atoms with Crippen LogP contribution in [-0.2, 0) is 22.3 Å². The van der Waals surface area contributed by atoms with Gasteiger partial charge in [0.2, 0.25) is 10.0 Å². The molecule has 21 heavy (non-hydrogen) atoms. The van der Waals surface area contributed by atoms with Crippen LogP contribution in [0.3, 0.4) is 0 Å². The number of hydrogen-bond donors (Lipinski definition) is 2. The first-order valence-corrected chi connectivity index (χ1v) is 9.38. The standard InChI is InChI=1S/C16H26N2O2S/c1-3-17-12-14-7-6-8-15(11-14)13-21(19,20)18-16(2)9-4-5-10-16/h6-8,11,17-18H,3-5,9-10,12-13H2,1-2H3. The molecule has 0 aromatic heterocycles. The maximum Gasteiger partial charge on any atom is 0.216 e. The van der Waals surface area contributed by atoms with E-state index >= 15 is 0 Å². The van der Waals surface area contributed by atoms with Gasteiger partial charge in [-0.15, -0.1) is 0 Å². The van der Waals surface area contributed by atoms with E-state index in [4.69, 9.17) is 0 Å². The summed E-state index contributed by atoms with van der Waals surface area (Å²) in [6, 6.07) is 7.80. The molecule has 1 fully saturated rings. The summed E-state index contributed by atoms with van der Waals surface area (Å²) < 4.78 is 27.6. The van der Waals surface area contributed by atoms with E-state index in [1.54, 1.807) is 0 Å². The molecule has 1 aromatic carbocycles. The second kappa shape index (κ2) is 6.90. The van der Waals surface area contributed by atoms with Crippen LogP contribution >= 0.6 is 0 Å². The Balaban J connectivity index is 2.02. The van der Waals surface area contributed by atoms with Gasteiger partial charge >= 0.3 is 0 Å². The van der Waals surface area contributed by atoms with Gasteiger partial charge in [0, 0.05) is 12.1 Å². The van der Waals surface area contributed by atoms with Gasteiger partial charge in [-0.2, -0.15) is 0 Å². The van der Waals surface area contributed by atoms with Crippen molar-refractivity contribution in [2.24, 2.45) is 0 Å². The molecule has 0 bridgehead atoms. The van der Waals surface area contributed by atoms with Crippen molar-refractivity contribution in [3.8, 4) is 0 Å². The molecule has 0 atom stereocenters. The van der Waals surface area contributed by atoms with Crippen LogP contribution < -0.4 is 10.0 Å². The Kier molecular flexibility index (Phi) is 5.41. The molecule has 1 saturated carbocycles. The van der Waals surface area contributed by atoms with Crippen molar-refractivity contribution in [2.45, 2.75) is 57.4 Å². The number of rotatable bonds is 7. The van der Waals surface area contributed by atoms with Gasteiger partial charge < -0.3 is 5.32 Å². The molecule has 0 radical (unpaired) electrons. The maximum absolute atomic E-state index is 12.4. The molecule has 0 amide bonds. The Bertz CT molecular complexity index is 563. The largest absolute Gasteiger partial charge is 0.313 e. The van der Waals surface area contributed by atoms with E-state index < -0.39 is 10.0 Å². The summed E-state index contributed by atoms with van der Waals surface area (Å²) in [5.41, 5.74) is 1.72. The normalized spacial score (nSPS) is 18.0. The van der Waals surface area contributed by atoms with Gasteiger partial charge in [0.25, 0.3) is 0 Å². The van der Waals surface area contributed by atoms with Crippen molar-refractivity contribution in [1.29, 1.82) is 0 Å². The summed E-state index contributed by atoms with van der Waals surface area (Å²) in [4.78, 5) is 0. The van der Waals surface area contributed by atoms with Crippen LogP contribution in [-0.4, -0.2) is 20.5 Å². The third kappa shape index (κ3) is 5.09. The Morgan fingerprint density at radius 3 is 2.52 bits per heavy atom. The Hall–Kier alpha value is -0.910. The third-order valence-electron chi connectivity index (χ3n) is 4.04. The molecule has 5 heteroatoms. The summed E-state index contributed by atoms with van der Waals surface area (Å²) in [5.74, 6) is 0.0581. The van der Waals surface area contributed by atoms with Gasteiger partial charge in [-0.05, 0) is 37.4 Å². The molecule has 1 aliphatic carbocycles. The molecular formula is C16H26N2O2S. The fraction of sp³-hybridized carbons (Fsp3) is 0.625. The van der Waals surface area contributed by atoms with E-state index in [9.17, 15) is 8.42 Å². The Morgan fingerprint density at radius 1 is 1.19 bits per heavy atom. The molecule has 2 rings (SSSR count). The quantitative estimate of drug-likeness (QED) is 0.814. The summed E-state index contributed by atoms with van der Waals surface area (Å²) in [5, 5.41) is 3.25. The molecule has 0 aliphatic heterocycles. The minimum Gasteiger partial charge on any atom is -0.313 e. The van der Waals surface area contributed by atoms with Crippen molar-refractivity contribution >= 4 is 10.0 Å². The first-order valence-electron chi connectivity index (χ1n) is 7.73. The molecular weight excluding hydrogens is 284 g/mol. The molecule has 0 saturated heterocycles. The highest BCUT2D eigenvalue weighted by Crippen LogP contribution is 2.30. The number of benzene rings is 1. The van der Waals surface area contributed by atoms with Gasteiger partial charge in [0.05, 0.1) is 5.75 Å². The van der Waals surface area contributed by atoms with E-state index in [1.165, 1.54) is 0 Å². The molecule has 118 valence electrons. The van der Waals surface area contributed by atoms with Gasteiger partial charge in [0.15, 0.2) is 0 Å². The van der Waals surface area contributed by atoms with Crippen LogP contribution in [0.15, 0.2) is 24.3 Å². The predicted molar refractivity (Wildman–Crippen MR) is 86.5 cm³/mol. The van der Waals surface area contributed by atoms with E-state index in [1.807, 2.05) is 31.2 Å². The first-order chi connectivity index (χ1) is 9.92. The van der Waals surface area contributed by atoms with Crippen molar-refractivity contribution in [3.63, 3.8) is 0 Å². The molecule has 0 heterocycles. The Morgan fingerprint density at radius 2 is 1.86 bits per heavy atom. The van der Waals surface area contributed by atoms with E-state index in [2.05, 4.69) is 17.0 Å². The van der Waals surface area contributed by atoms with E-state index in [0.29, 0.717) is 0 Å². The lowest BCUT2D eigenvalue weighted by Gasteiger charge is -2.25. The van der Waals surface area contributed by atoms with E-state index in [0.717, 1.165) is 49.9 Å². The summed E-state index contributed by atoms with van der Waals surface area (Å²) in [6.45, 7) is 5.75. The van der Waals surface area contributed by atoms with Gasteiger partial charge in [-0.25, -0.2) is 13.1 Å². The zero-order chi connectivity index (χ0) is 15.3. The zero-order valence-electron chi connectivity index (χ0n) is 13.0. The van der Waals surface area contributed by atoms with Crippen LogP contribution in [0, 0.1) is 0 Å². The minimum atomic E-state index is -3.28. The monoisotopic (exact) mass is 310 g/mol. The smallest absolute Gasteiger partial charge is 0.216 e. The highest BCUT2D eigenvalue weighted by atomic mass is 32.2. The van der Waals surface area contributed by atoms with Gasteiger partial charge in [0.1, 0.15) is 0 Å². The van der Waals surface area contributed by atoms with Crippen molar-refractivity contribution in [2.75, 3.05) is 6.54 Å².